The third kappa shape index (κ3) is 3.92. The van der Waals surface area contributed by atoms with Crippen LogP contribution in [0.1, 0.15) is 12.8 Å². The van der Waals surface area contributed by atoms with Gasteiger partial charge in [-0.1, -0.05) is 24.3 Å². The molecule has 0 spiro atoms. The highest BCUT2D eigenvalue weighted by Gasteiger charge is 2.30. The van der Waals surface area contributed by atoms with E-state index in [0.29, 0.717) is 35.0 Å². The third-order valence-corrected chi connectivity index (χ3v) is 6.70. The van der Waals surface area contributed by atoms with E-state index in [4.69, 9.17) is 4.74 Å². The molecule has 2 aromatic carbocycles. The van der Waals surface area contributed by atoms with Gasteiger partial charge in [0.2, 0.25) is 10.0 Å². The Morgan fingerprint density at radius 3 is 2.36 bits per heavy atom. The van der Waals surface area contributed by atoms with Crippen molar-refractivity contribution in [3.63, 3.8) is 0 Å². The van der Waals surface area contributed by atoms with Crippen molar-refractivity contribution in [2.45, 2.75) is 17.7 Å². The molecule has 25 heavy (non-hydrogen) atoms. The van der Waals surface area contributed by atoms with Gasteiger partial charge in [0.1, 0.15) is 5.75 Å². The zero-order valence-electron chi connectivity index (χ0n) is 14.6. The van der Waals surface area contributed by atoms with Gasteiger partial charge in [0.15, 0.2) is 0 Å². The Morgan fingerprint density at radius 1 is 1.12 bits per heavy atom. The number of hydrogen-bond acceptors (Lipinski definition) is 4. The topological polar surface area (TPSA) is 58.6 Å². The fraction of sp³-hybridized carbons (Fsp3) is 0.444. The Hall–Kier alpha value is -1.34. The van der Waals surface area contributed by atoms with Crippen molar-refractivity contribution in [1.29, 1.82) is 0 Å². The minimum Gasteiger partial charge on any atom is -0.496 e. The molecule has 5 nitrogen and oxygen atoms in total. The van der Waals surface area contributed by atoms with Gasteiger partial charge in [0.05, 0.1) is 12.0 Å². The van der Waals surface area contributed by atoms with Crippen molar-refractivity contribution in [2.24, 2.45) is 5.92 Å². The largest absolute Gasteiger partial charge is 0.496 e. The Balaban J connectivity index is 0.00000225. The van der Waals surface area contributed by atoms with Crippen LogP contribution in [0.3, 0.4) is 0 Å². The molecule has 0 aliphatic carbocycles. The number of halogens is 1. The van der Waals surface area contributed by atoms with Crippen LogP contribution >= 0.6 is 12.4 Å². The lowest BCUT2D eigenvalue weighted by Gasteiger charge is -2.31. The van der Waals surface area contributed by atoms with Gasteiger partial charge in [0, 0.05) is 23.9 Å². The number of nitrogens with one attached hydrogen (secondary N) is 1. The lowest BCUT2D eigenvalue weighted by Crippen LogP contribution is -2.40. The van der Waals surface area contributed by atoms with Gasteiger partial charge in [-0.15, -0.1) is 12.4 Å². The van der Waals surface area contributed by atoms with Crippen molar-refractivity contribution in [1.82, 2.24) is 9.62 Å². The monoisotopic (exact) mass is 384 g/mol. The maximum atomic E-state index is 13.1. The molecule has 0 bridgehead atoms. The lowest BCUT2D eigenvalue weighted by atomic mass is 9.98. The van der Waals surface area contributed by atoms with Crippen LogP contribution in [0.25, 0.3) is 10.8 Å². The second-order valence-electron chi connectivity index (χ2n) is 6.22. The highest BCUT2D eigenvalue weighted by Crippen LogP contribution is 2.33. The number of piperidine rings is 1. The van der Waals surface area contributed by atoms with Crippen LogP contribution in [-0.4, -0.2) is 46.5 Å². The number of rotatable bonds is 5. The molecule has 0 amide bonds. The summed E-state index contributed by atoms with van der Waals surface area (Å²) < 4.78 is 33.3. The molecule has 1 saturated heterocycles. The summed E-state index contributed by atoms with van der Waals surface area (Å²) in [6.07, 6.45) is 1.79. The summed E-state index contributed by atoms with van der Waals surface area (Å²) in [5.74, 6) is 1.24. The summed E-state index contributed by atoms with van der Waals surface area (Å²) in [4.78, 5) is 0.367. The molecule has 1 N–H and O–H groups in total. The van der Waals surface area contributed by atoms with Gasteiger partial charge in [0.25, 0.3) is 0 Å². The summed E-state index contributed by atoms with van der Waals surface area (Å²) in [5.41, 5.74) is 0. The molecule has 1 aliphatic heterocycles. The molecule has 0 unspecified atom stereocenters. The van der Waals surface area contributed by atoms with Crippen molar-refractivity contribution < 1.29 is 13.2 Å². The molecule has 1 fully saturated rings. The van der Waals surface area contributed by atoms with Crippen molar-refractivity contribution in [3.8, 4) is 5.75 Å². The van der Waals surface area contributed by atoms with Gasteiger partial charge in [-0.3, -0.25) is 0 Å². The van der Waals surface area contributed by atoms with E-state index in [-0.39, 0.29) is 12.4 Å². The molecule has 0 aromatic heterocycles. The number of ether oxygens (including phenoxy) is 1. The molecule has 0 saturated carbocycles. The van der Waals surface area contributed by atoms with Gasteiger partial charge >= 0.3 is 0 Å². The molecule has 0 radical (unpaired) electrons. The zero-order valence-corrected chi connectivity index (χ0v) is 16.2. The third-order valence-electron chi connectivity index (χ3n) is 4.75. The fourth-order valence-corrected chi connectivity index (χ4v) is 5.09. The Labute approximate surface area is 155 Å². The number of sulfonamides is 1. The maximum Gasteiger partial charge on any atom is 0.243 e. The first-order valence-corrected chi connectivity index (χ1v) is 9.72. The summed E-state index contributed by atoms with van der Waals surface area (Å²) in [6, 6.07) is 10.9. The average Bonchev–Trinajstić information content (AvgIpc) is 2.61. The van der Waals surface area contributed by atoms with Gasteiger partial charge < -0.3 is 10.1 Å². The minimum atomic E-state index is -3.49. The van der Waals surface area contributed by atoms with E-state index in [1.807, 2.05) is 31.3 Å². The minimum absolute atomic E-state index is 0. The Morgan fingerprint density at radius 2 is 1.76 bits per heavy atom. The summed E-state index contributed by atoms with van der Waals surface area (Å²) in [5, 5.41) is 4.72. The second kappa shape index (κ2) is 8.36. The predicted molar refractivity (Wildman–Crippen MR) is 103 cm³/mol. The van der Waals surface area contributed by atoms with Crippen molar-refractivity contribution >= 4 is 33.2 Å². The number of methoxy groups -OCH3 is 1. The molecule has 3 rings (SSSR count). The fourth-order valence-electron chi connectivity index (χ4n) is 3.43. The lowest BCUT2D eigenvalue weighted by molar-refractivity contribution is 0.271. The number of benzene rings is 2. The smallest absolute Gasteiger partial charge is 0.243 e. The van der Waals surface area contributed by atoms with Crippen LogP contribution in [0.4, 0.5) is 0 Å². The standard InChI is InChI=1S/C18H24N2O3S.ClH/c1-19-13-14-9-11-20(12-10-14)24(21,22)18-8-7-17(23-2)15-5-3-4-6-16(15)18;/h3-8,14,19H,9-13H2,1-2H3;1H. The van der Waals surface area contributed by atoms with Crippen LogP contribution < -0.4 is 10.1 Å². The van der Waals surface area contributed by atoms with E-state index in [1.54, 1.807) is 23.5 Å². The van der Waals surface area contributed by atoms with Gasteiger partial charge in [-0.05, 0) is 44.5 Å². The molecule has 138 valence electrons. The molecule has 0 atom stereocenters. The van der Waals surface area contributed by atoms with Crippen molar-refractivity contribution in [2.75, 3.05) is 33.8 Å². The van der Waals surface area contributed by atoms with E-state index in [9.17, 15) is 8.42 Å². The predicted octanol–water partition coefficient (Wildman–Crippen LogP) is 2.89. The number of nitrogens with zero attached hydrogens (tertiary/aromatic N) is 1. The number of hydrogen-bond donors (Lipinski definition) is 1. The molecule has 2 aromatic rings. The van der Waals surface area contributed by atoms with E-state index in [1.165, 1.54) is 0 Å². The van der Waals surface area contributed by atoms with Gasteiger partial charge in [-0.2, -0.15) is 4.31 Å². The molecule has 7 heteroatoms. The average molecular weight is 385 g/mol. The maximum absolute atomic E-state index is 13.1. The second-order valence-corrected chi connectivity index (χ2v) is 8.12. The molecule has 1 heterocycles. The summed E-state index contributed by atoms with van der Waals surface area (Å²) in [7, 11) is 0.0422. The number of fused-ring (bicyclic) bond motifs is 1. The molecular weight excluding hydrogens is 360 g/mol. The quantitative estimate of drug-likeness (QED) is 0.861. The highest BCUT2D eigenvalue weighted by atomic mass is 35.5. The first-order chi connectivity index (χ1) is 11.6. The summed E-state index contributed by atoms with van der Waals surface area (Å²) >= 11 is 0. The first kappa shape index (κ1) is 20.0. The van der Waals surface area contributed by atoms with Crippen molar-refractivity contribution in [3.05, 3.63) is 36.4 Å². The van der Waals surface area contributed by atoms with Crippen LogP contribution in [-0.2, 0) is 10.0 Å². The zero-order chi connectivity index (χ0) is 17.2. The Kier molecular flexibility index (Phi) is 6.68. The van der Waals surface area contributed by atoms with Crippen LogP contribution in [0, 0.1) is 5.92 Å². The van der Waals surface area contributed by atoms with Crippen LogP contribution in [0.5, 0.6) is 5.75 Å². The van der Waals surface area contributed by atoms with E-state index in [0.717, 1.165) is 24.8 Å². The Bertz CT molecular complexity index is 818. The molecular formula is C18H25ClN2O3S. The SMILES string of the molecule is CNCC1CCN(S(=O)(=O)c2ccc(OC)c3ccccc23)CC1.Cl. The van der Waals surface area contributed by atoms with E-state index < -0.39 is 10.0 Å². The molecule has 1 aliphatic rings. The normalized spacial score (nSPS) is 16.6. The summed E-state index contributed by atoms with van der Waals surface area (Å²) in [6.45, 7) is 2.10. The van der Waals surface area contributed by atoms with Crippen LogP contribution in [0.2, 0.25) is 0 Å². The highest BCUT2D eigenvalue weighted by molar-refractivity contribution is 7.89. The first-order valence-electron chi connectivity index (χ1n) is 8.28. The van der Waals surface area contributed by atoms with Crippen LogP contribution in [0.15, 0.2) is 41.3 Å². The van der Waals surface area contributed by atoms with E-state index in [2.05, 4.69) is 5.32 Å². The van der Waals surface area contributed by atoms with E-state index >= 15 is 0 Å². The van der Waals surface area contributed by atoms with Gasteiger partial charge in [-0.25, -0.2) is 8.42 Å².